The highest BCUT2D eigenvalue weighted by atomic mass is 15.3. The topological polar surface area (TPSA) is 0 Å². The molecular weight excluding hydrogens is 148 g/mol. The van der Waals surface area contributed by atoms with Crippen LogP contribution in [0.15, 0.2) is 0 Å². The average molecular weight is 176 g/mol. The molecule has 0 aromatic carbocycles. The largest absolute Gasteiger partial charge is 0.326 e. The van der Waals surface area contributed by atoms with Gasteiger partial charge in [-0.3, -0.25) is 0 Å². The first-order valence-corrected chi connectivity index (χ1v) is 4.82. The molecule has 0 atom stereocenters. The van der Waals surface area contributed by atoms with Gasteiger partial charge in [-0.15, -0.1) is 0 Å². The molecule has 0 saturated heterocycles. The summed E-state index contributed by atoms with van der Waals surface area (Å²) in [6.07, 6.45) is 0. The summed E-state index contributed by atoms with van der Waals surface area (Å²) in [4.78, 5) is 0. The second-order valence-electron chi connectivity index (χ2n) is 5.03. The molecule has 12 heavy (non-hydrogen) atoms. The summed E-state index contributed by atoms with van der Waals surface area (Å²) < 4.78 is 2.13. The summed E-state index contributed by atoms with van der Waals surface area (Å²) in [5.74, 6) is 0. The van der Waals surface area contributed by atoms with E-state index in [0.29, 0.717) is 0 Å². The van der Waals surface area contributed by atoms with Crippen molar-refractivity contribution in [1.82, 2.24) is 0 Å². The molecule has 76 valence electrons. The summed E-state index contributed by atoms with van der Waals surface area (Å²) in [6, 6.07) is 0. The average Bonchev–Trinajstić information content (AvgIpc) is 1.86. The maximum absolute atomic E-state index is 2.23. The fourth-order valence-electron chi connectivity index (χ4n) is 0.600. The number of hydrogen-bond donors (Lipinski definition) is 0. The van der Waals surface area contributed by atoms with E-state index in [1.54, 1.807) is 0 Å². The number of quaternary nitrogens is 2. The molecule has 2 heteroatoms. The number of rotatable bonds is 3. The van der Waals surface area contributed by atoms with Crippen LogP contribution in [0.25, 0.3) is 0 Å². The third-order valence-electron chi connectivity index (χ3n) is 1.44. The molecule has 0 unspecified atom stereocenters. The van der Waals surface area contributed by atoms with Crippen LogP contribution in [0.4, 0.5) is 0 Å². The molecule has 2 nitrogen and oxygen atoms in total. The first kappa shape index (κ1) is 14.4. The van der Waals surface area contributed by atoms with Crippen molar-refractivity contribution in [1.29, 1.82) is 0 Å². The van der Waals surface area contributed by atoms with Gasteiger partial charge in [0.1, 0.15) is 13.1 Å². The monoisotopic (exact) mass is 176 g/mol. The van der Waals surface area contributed by atoms with Gasteiger partial charge in [-0.25, -0.2) is 0 Å². The second-order valence-corrected chi connectivity index (χ2v) is 5.03. The Bertz CT molecular complexity index is 81.4. The molecule has 0 aliphatic heterocycles. The predicted octanol–water partition coefficient (Wildman–Crippen LogP) is 1.42. The minimum Gasteiger partial charge on any atom is -0.326 e. The zero-order chi connectivity index (χ0) is 10.4. The van der Waals surface area contributed by atoms with Crippen molar-refractivity contribution in [2.24, 2.45) is 0 Å². The Balaban J connectivity index is 0. The van der Waals surface area contributed by atoms with Crippen molar-refractivity contribution < 1.29 is 8.97 Å². The lowest BCUT2D eigenvalue weighted by Gasteiger charge is -2.30. The molecule has 0 N–H and O–H groups in total. The lowest BCUT2D eigenvalue weighted by Crippen LogP contribution is -2.46. The van der Waals surface area contributed by atoms with Gasteiger partial charge in [0.25, 0.3) is 0 Å². The molecule has 0 heterocycles. The Morgan fingerprint density at radius 1 is 0.583 bits per heavy atom. The van der Waals surface area contributed by atoms with Crippen molar-refractivity contribution in [3.63, 3.8) is 0 Å². The first-order valence-electron chi connectivity index (χ1n) is 4.82. The van der Waals surface area contributed by atoms with E-state index in [1.165, 1.54) is 13.1 Å². The highest BCUT2D eigenvalue weighted by Crippen LogP contribution is 1.94. The van der Waals surface area contributed by atoms with Crippen LogP contribution >= 0.6 is 0 Å². The van der Waals surface area contributed by atoms with Gasteiger partial charge in [-0.05, 0) is 0 Å². The van der Waals surface area contributed by atoms with Gasteiger partial charge >= 0.3 is 0 Å². The van der Waals surface area contributed by atoms with Crippen molar-refractivity contribution in [2.45, 2.75) is 13.8 Å². The summed E-state index contributed by atoms with van der Waals surface area (Å²) in [6.45, 7) is 6.48. The number of hydrogen-bond acceptors (Lipinski definition) is 0. The third-order valence-corrected chi connectivity index (χ3v) is 1.44. The molecule has 0 aliphatic rings. The van der Waals surface area contributed by atoms with Crippen molar-refractivity contribution in [2.75, 3.05) is 55.4 Å². The minimum absolute atomic E-state index is 1.06. The van der Waals surface area contributed by atoms with Crippen molar-refractivity contribution in [3.8, 4) is 0 Å². The summed E-state index contributed by atoms with van der Waals surface area (Å²) in [7, 11) is 13.4. The van der Waals surface area contributed by atoms with E-state index < -0.39 is 0 Å². The highest BCUT2D eigenvalue weighted by molar-refractivity contribution is 4.26. The van der Waals surface area contributed by atoms with E-state index in [2.05, 4.69) is 42.3 Å². The van der Waals surface area contributed by atoms with Gasteiger partial charge in [0, 0.05) is 0 Å². The molecule has 0 radical (unpaired) electrons. The zero-order valence-electron chi connectivity index (χ0n) is 10.3. The predicted molar refractivity (Wildman–Crippen MR) is 57.1 cm³/mol. The van der Waals surface area contributed by atoms with Gasteiger partial charge < -0.3 is 8.97 Å². The molecule has 0 aromatic rings. The van der Waals surface area contributed by atoms with E-state index in [-0.39, 0.29) is 0 Å². The van der Waals surface area contributed by atoms with Gasteiger partial charge in [-0.2, -0.15) is 0 Å². The molecule has 0 spiro atoms. The lowest BCUT2D eigenvalue weighted by molar-refractivity contribution is -0.927. The molecular formula is C10H28N2+2. The van der Waals surface area contributed by atoms with Gasteiger partial charge in [0.15, 0.2) is 0 Å². The second kappa shape index (κ2) is 5.55. The van der Waals surface area contributed by atoms with Crippen LogP contribution in [0.1, 0.15) is 13.8 Å². The van der Waals surface area contributed by atoms with Crippen LogP contribution in [0.2, 0.25) is 0 Å². The standard InChI is InChI=1S/C8H22N2.C2H6/c1-9(2,3)7-8-10(4,5)6;1-2/h7-8H2,1-6H3;1-2H3/q+2;. The van der Waals surface area contributed by atoms with Crippen LogP contribution in [0.5, 0.6) is 0 Å². The summed E-state index contributed by atoms with van der Waals surface area (Å²) >= 11 is 0. The molecule has 0 bridgehead atoms. The van der Waals surface area contributed by atoms with E-state index in [0.717, 1.165) is 8.97 Å². The Kier molecular flexibility index (Phi) is 6.68. The maximum atomic E-state index is 2.23. The lowest BCUT2D eigenvalue weighted by atomic mass is 10.4. The Morgan fingerprint density at radius 3 is 0.833 bits per heavy atom. The fourth-order valence-corrected chi connectivity index (χ4v) is 0.600. The Morgan fingerprint density at radius 2 is 0.750 bits per heavy atom. The van der Waals surface area contributed by atoms with Gasteiger partial charge in [-0.1, -0.05) is 13.8 Å². The molecule has 0 amide bonds. The van der Waals surface area contributed by atoms with E-state index >= 15 is 0 Å². The Labute approximate surface area is 79.0 Å². The van der Waals surface area contributed by atoms with E-state index in [1.807, 2.05) is 13.8 Å². The summed E-state index contributed by atoms with van der Waals surface area (Å²) in [5, 5.41) is 0. The smallest absolute Gasteiger partial charge is 0.128 e. The van der Waals surface area contributed by atoms with Crippen LogP contribution in [-0.4, -0.2) is 64.3 Å². The molecule has 0 rings (SSSR count). The van der Waals surface area contributed by atoms with E-state index in [9.17, 15) is 0 Å². The van der Waals surface area contributed by atoms with Crippen molar-refractivity contribution in [3.05, 3.63) is 0 Å². The molecule has 0 aromatic heterocycles. The Hall–Kier alpha value is -0.0800. The van der Waals surface area contributed by atoms with Crippen LogP contribution in [0, 0.1) is 0 Å². The van der Waals surface area contributed by atoms with Crippen LogP contribution in [-0.2, 0) is 0 Å². The molecule has 0 aliphatic carbocycles. The summed E-state index contributed by atoms with van der Waals surface area (Å²) in [5.41, 5.74) is 0. The zero-order valence-corrected chi connectivity index (χ0v) is 10.3. The van der Waals surface area contributed by atoms with Gasteiger partial charge in [0.2, 0.25) is 0 Å². The van der Waals surface area contributed by atoms with E-state index in [4.69, 9.17) is 0 Å². The normalized spacial score (nSPS) is 12.0. The quantitative estimate of drug-likeness (QED) is 0.571. The minimum atomic E-state index is 1.06. The third kappa shape index (κ3) is 16.5. The van der Waals surface area contributed by atoms with Crippen molar-refractivity contribution >= 4 is 0 Å². The van der Waals surface area contributed by atoms with Crippen LogP contribution < -0.4 is 0 Å². The maximum Gasteiger partial charge on any atom is 0.128 e. The SMILES string of the molecule is CC.C[N+](C)(C)CC[N+](C)(C)C. The molecule has 0 saturated carbocycles. The fraction of sp³-hybridized carbons (Fsp3) is 1.00. The van der Waals surface area contributed by atoms with Gasteiger partial charge in [0.05, 0.1) is 42.3 Å². The van der Waals surface area contributed by atoms with Crippen LogP contribution in [0.3, 0.4) is 0 Å². The highest BCUT2D eigenvalue weighted by Gasteiger charge is 2.13. The first-order chi connectivity index (χ1) is 5.21. The number of nitrogens with zero attached hydrogens (tertiary/aromatic N) is 2. The molecule has 0 fully saturated rings. The number of likely N-dealkylation sites (N-methyl/N-ethyl adjacent to an activating group) is 2.